The zero-order valence-corrected chi connectivity index (χ0v) is 29.6. The molecule has 0 saturated heterocycles. The van der Waals surface area contributed by atoms with Gasteiger partial charge in [0.1, 0.15) is 11.2 Å². The third-order valence-electron chi connectivity index (χ3n) is 10.5. The molecule has 0 aliphatic rings. The van der Waals surface area contributed by atoms with Crippen molar-refractivity contribution in [2.75, 3.05) is 4.90 Å². The van der Waals surface area contributed by atoms with Crippen LogP contribution >= 0.6 is 0 Å². The number of fused-ring (bicyclic) bond motifs is 4. The topological polar surface area (TPSA) is 16.4 Å². The summed E-state index contributed by atoms with van der Waals surface area (Å²) >= 11 is 0. The van der Waals surface area contributed by atoms with E-state index in [-0.39, 0.29) is 0 Å². The quantitative estimate of drug-likeness (QED) is 0.166. The van der Waals surface area contributed by atoms with Gasteiger partial charge in [-0.2, -0.15) is 0 Å². The van der Waals surface area contributed by atoms with Gasteiger partial charge < -0.3 is 9.32 Å². The van der Waals surface area contributed by atoms with E-state index in [1.54, 1.807) is 0 Å². The van der Waals surface area contributed by atoms with Gasteiger partial charge in [-0.3, -0.25) is 0 Å². The first-order valence-corrected chi connectivity index (χ1v) is 18.4. The maximum atomic E-state index is 6.31. The van der Waals surface area contributed by atoms with Gasteiger partial charge in [0.15, 0.2) is 0 Å². The molecule has 0 fully saturated rings. The molecule has 2 nitrogen and oxygen atoms in total. The van der Waals surface area contributed by atoms with Crippen LogP contribution in [0, 0.1) is 0 Å². The Labute approximate surface area is 314 Å². The number of rotatable bonds is 7. The second kappa shape index (κ2) is 13.4. The molecule has 0 aliphatic carbocycles. The average molecular weight is 690 g/mol. The molecule has 0 spiro atoms. The van der Waals surface area contributed by atoms with Crippen molar-refractivity contribution in [1.82, 2.24) is 0 Å². The minimum absolute atomic E-state index is 0.890. The van der Waals surface area contributed by atoms with Crippen LogP contribution in [0.5, 0.6) is 0 Å². The number of benzene rings is 9. The molecule has 9 aromatic carbocycles. The van der Waals surface area contributed by atoms with E-state index in [4.69, 9.17) is 4.42 Å². The summed E-state index contributed by atoms with van der Waals surface area (Å²) < 4.78 is 6.31. The fraction of sp³-hybridized carbons (Fsp3) is 0. The maximum Gasteiger partial charge on any atom is 0.135 e. The highest BCUT2D eigenvalue weighted by molar-refractivity contribution is 6.07. The standard InChI is InChI=1S/C52H35NO/c1-3-11-36(12-4-1)38-21-27-44(28-22-38)53(45-29-23-40(24-30-45)48-20-10-16-39-15-7-8-19-47(39)48)46-18-9-17-41(33-46)43-26-32-52-50(35-43)49-34-42(25-31-51(49)54-52)37-13-5-2-6-14-37/h1-35H. The van der Waals surface area contributed by atoms with Crippen LogP contribution in [0.15, 0.2) is 217 Å². The molecule has 0 N–H and O–H groups in total. The fourth-order valence-corrected chi connectivity index (χ4v) is 7.74. The molecule has 0 saturated carbocycles. The van der Waals surface area contributed by atoms with E-state index in [9.17, 15) is 0 Å². The molecule has 2 heteroatoms. The molecule has 254 valence electrons. The van der Waals surface area contributed by atoms with Crippen LogP contribution in [0.1, 0.15) is 0 Å². The Kier molecular flexibility index (Phi) is 7.85. The van der Waals surface area contributed by atoms with Crippen molar-refractivity contribution in [3.63, 3.8) is 0 Å². The molecule has 0 bridgehead atoms. The summed E-state index contributed by atoms with van der Waals surface area (Å²) in [5, 5.41) is 4.74. The minimum atomic E-state index is 0.890. The minimum Gasteiger partial charge on any atom is -0.456 e. The zero-order chi connectivity index (χ0) is 35.8. The van der Waals surface area contributed by atoms with Crippen LogP contribution in [0.4, 0.5) is 17.1 Å². The van der Waals surface area contributed by atoms with E-state index in [0.717, 1.165) is 50.1 Å². The molecule has 0 aliphatic heterocycles. The van der Waals surface area contributed by atoms with Gasteiger partial charge in [0, 0.05) is 27.8 Å². The summed E-state index contributed by atoms with van der Waals surface area (Å²) in [5.41, 5.74) is 14.5. The van der Waals surface area contributed by atoms with Crippen molar-refractivity contribution in [3.05, 3.63) is 212 Å². The van der Waals surface area contributed by atoms with E-state index < -0.39 is 0 Å². The third-order valence-corrected chi connectivity index (χ3v) is 10.5. The molecule has 0 radical (unpaired) electrons. The molecule has 0 unspecified atom stereocenters. The number of hydrogen-bond donors (Lipinski definition) is 0. The van der Waals surface area contributed by atoms with Gasteiger partial charge in [-0.25, -0.2) is 0 Å². The molecular weight excluding hydrogens is 655 g/mol. The molecule has 1 aromatic heterocycles. The summed E-state index contributed by atoms with van der Waals surface area (Å²) in [6.07, 6.45) is 0. The Morgan fingerprint density at radius 2 is 0.741 bits per heavy atom. The first kappa shape index (κ1) is 31.6. The molecule has 1 heterocycles. The molecule has 0 amide bonds. The highest BCUT2D eigenvalue weighted by atomic mass is 16.3. The van der Waals surface area contributed by atoms with Crippen molar-refractivity contribution in [2.24, 2.45) is 0 Å². The molecule has 10 aromatic rings. The molecule has 0 atom stereocenters. The maximum absolute atomic E-state index is 6.31. The second-order valence-corrected chi connectivity index (χ2v) is 13.8. The number of nitrogens with zero attached hydrogens (tertiary/aromatic N) is 1. The van der Waals surface area contributed by atoms with Crippen molar-refractivity contribution in [1.29, 1.82) is 0 Å². The third kappa shape index (κ3) is 5.81. The summed E-state index contributed by atoms with van der Waals surface area (Å²) in [5.74, 6) is 0. The van der Waals surface area contributed by atoms with Crippen molar-refractivity contribution in [2.45, 2.75) is 0 Å². The van der Waals surface area contributed by atoms with Crippen LogP contribution in [0.25, 0.3) is 77.2 Å². The Hall–Kier alpha value is -7.16. The van der Waals surface area contributed by atoms with E-state index in [0.29, 0.717) is 0 Å². The van der Waals surface area contributed by atoms with Gasteiger partial charge in [0.25, 0.3) is 0 Å². The molecule has 10 rings (SSSR count). The highest BCUT2D eigenvalue weighted by Crippen LogP contribution is 2.40. The summed E-state index contributed by atoms with van der Waals surface area (Å²) in [7, 11) is 0. The van der Waals surface area contributed by atoms with Crippen LogP contribution in [0.3, 0.4) is 0 Å². The van der Waals surface area contributed by atoms with Gasteiger partial charge in [-0.1, -0.05) is 152 Å². The largest absolute Gasteiger partial charge is 0.456 e. The predicted octanol–water partition coefficient (Wildman–Crippen LogP) is 14.9. The van der Waals surface area contributed by atoms with Crippen LogP contribution in [0.2, 0.25) is 0 Å². The van der Waals surface area contributed by atoms with Crippen molar-refractivity contribution in [3.8, 4) is 44.5 Å². The highest BCUT2D eigenvalue weighted by Gasteiger charge is 2.16. The van der Waals surface area contributed by atoms with Crippen molar-refractivity contribution >= 4 is 49.8 Å². The number of anilines is 3. The summed E-state index contributed by atoms with van der Waals surface area (Å²) in [6.45, 7) is 0. The summed E-state index contributed by atoms with van der Waals surface area (Å²) in [6, 6.07) is 75.9. The smallest absolute Gasteiger partial charge is 0.135 e. The van der Waals surface area contributed by atoms with E-state index in [1.807, 2.05) is 0 Å². The number of hydrogen-bond acceptors (Lipinski definition) is 2. The monoisotopic (exact) mass is 689 g/mol. The van der Waals surface area contributed by atoms with E-state index >= 15 is 0 Å². The first-order chi connectivity index (χ1) is 26.7. The number of furan rings is 1. The Morgan fingerprint density at radius 1 is 0.278 bits per heavy atom. The second-order valence-electron chi connectivity index (χ2n) is 13.8. The lowest BCUT2D eigenvalue weighted by molar-refractivity contribution is 0.669. The van der Waals surface area contributed by atoms with Gasteiger partial charge >= 0.3 is 0 Å². The first-order valence-electron chi connectivity index (χ1n) is 18.4. The summed E-state index contributed by atoms with van der Waals surface area (Å²) in [4.78, 5) is 2.35. The predicted molar refractivity (Wildman–Crippen MR) is 228 cm³/mol. The Balaban J connectivity index is 1.06. The molecular formula is C52H35NO. The van der Waals surface area contributed by atoms with E-state index in [1.165, 1.54) is 44.2 Å². The van der Waals surface area contributed by atoms with Crippen LogP contribution in [-0.2, 0) is 0 Å². The Bertz CT molecular complexity index is 2900. The average Bonchev–Trinajstić information content (AvgIpc) is 3.62. The Morgan fingerprint density at radius 3 is 1.41 bits per heavy atom. The lowest BCUT2D eigenvalue weighted by Gasteiger charge is -2.26. The SMILES string of the molecule is c1ccc(-c2ccc(N(c3ccc(-c4cccc5ccccc45)cc3)c3cccc(-c4ccc5oc6ccc(-c7ccccc7)cc6c5c4)c3)cc2)cc1. The van der Waals surface area contributed by atoms with Gasteiger partial charge in [0.2, 0.25) is 0 Å². The van der Waals surface area contributed by atoms with Crippen LogP contribution < -0.4 is 4.90 Å². The van der Waals surface area contributed by atoms with Crippen LogP contribution in [-0.4, -0.2) is 0 Å². The fourth-order valence-electron chi connectivity index (χ4n) is 7.74. The van der Waals surface area contributed by atoms with Gasteiger partial charge in [0.05, 0.1) is 0 Å². The van der Waals surface area contributed by atoms with Gasteiger partial charge in [-0.05, 0) is 116 Å². The lowest BCUT2D eigenvalue weighted by Crippen LogP contribution is -2.10. The zero-order valence-electron chi connectivity index (χ0n) is 29.6. The van der Waals surface area contributed by atoms with Gasteiger partial charge in [-0.15, -0.1) is 0 Å². The normalized spacial score (nSPS) is 11.3. The molecule has 54 heavy (non-hydrogen) atoms. The van der Waals surface area contributed by atoms with E-state index in [2.05, 4.69) is 217 Å². The van der Waals surface area contributed by atoms with Crippen molar-refractivity contribution < 1.29 is 4.42 Å². The lowest BCUT2D eigenvalue weighted by atomic mass is 9.98.